The normalized spacial score (nSPS) is 13.5. The quantitative estimate of drug-likeness (QED) is 0.767. The predicted molar refractivity (Wildman–Crippen MR) is 77.3 cm³/mol. The lowest BCUT2D eigenvalue weighted by Crippen LogP contribution is -2.05. The largest absolute Gasteiger partial charge is 0.383 e. The Balaban J connectivity index is 1.81. The summed E-state index contributed by atoms with van der Waals surface area (Å²) in [6.07, 6.45) is 2.16. The summed E-state index contributed by atoms with van der Waals surface area (Å²) >= 11 is 0. The van der Waals surface area contributed by atoms with Crippen molar-refractivity contribution < 1.29 is 4.74 Å². The van der Waals surface area contributed by atoms with Crippen LogP contribution in [-0.2, 0) is 24.4 Å². The van der Waals surface area contributed by atoms with Crippen LogP contribution in [-0.4, -0.2) is 20.2 Å². The highest BCUT2D eigenvalue weighted by molar-refractivity contribution is 5.92. The van der Waals surface area contributed by atoms with Crippen LogP contribution in [0.1, 0.15) is 22.6 Å². The molecular formula is C15H13N5O. The molecule has 0 atom stereocenters. The van der Waals surface area contributed by atoms with E-state index in [9.17, 15) is 0 Å². The molecule has 6 nitrogen and oxygen atoms in total. The van der Waals surface area contributed by atoms with Crippen LogP contribution in [0, 0.1) is 0 Å². The van der Waals surface area contributed by atoms with E-state index in [0.29, 0.717) is 31.3 Å². The van der Waals surface area contributed by atoms with Crippen LogP contribution in [0.4, 0.5) is 5.82 Å². The smallest absolute Gasteiger partial charge is 0.137 e. The number of aromatic nitrogens is 4. The van der Waals surface area contributed by atoms with Crippen LogP contribution in [0.15, 0.2) is 30.5 Å². The third kappa shape index (κ3) is 2.09. The van der Waals surface area contributed by atoms with Gasteiger partial charge in [0, 0.05) is 11.6 Å². The third-order valence-corrected chi connectivity index (χ3v) is 3.61. The van der Waals surface area contributed by atoms with Gasteiger partial charge in [-0.2, -0.15) is 10.2 Å². The molecule has 1 aliphatic heterocycles. The molecule has 0 aliphatic carbocycles. The summed E-state index contributed by atoms with van der Waals surface area (Å²) in [6, 6.07) is 7.76. The second-order valence-corrected chi connectivity index (χ2v) is 5.01. The third-order valence-electron chi connectivity index (χ3n) is 3.61. The maximum absolute atomic E-state index is 6.14. The van der Waals surface area contributed by atoms with Crippen LogP contribution >= 0.6 is 0 Å². The fraction of sp³-hybridized carbons (Fsp3) is 0.200. The van der Waals surface area contributed by atoms with Crippen molar-refractivity contribution in [3.63, 3.8) is 0 Å². The summed E-state index contributed by atoms with van der Waals surface area (Å²) < 4.78 is 5.47. The van der Waals surface area contributed by atoms with E-state index in [-0.39, 0.29) is 0 Å². The van der Waals surface area contributed by atoms with Gasteiger partial charge in [-0.05, 0) is 29.3 Å². The number of ether oxygens (including phenoxy) is 1. The molecule has 2 aromatic heterocycles. The molecule has 0 saturated carbocycles. The molecule has 0 saturated heterocycles. The first kappa shape index (κ1) is 12.2. The number of fused-ring (bicyclic) bond motifs is 3. The van der Waals surface area contributed by atoms with Crippen LogP contribution in [0.3, 0.4) is 0 Å². The molecule has 0 amide bonds. The summed E-state index contributed by atoms with van der Waals surface area (Å²) in [5.74, 6) is 1.15. The molecule has 3 aromatic rings. The van der Waals surface area contributed by atoms with E-state index in [1.807, 2.05) is 24.3 Å². The molecule has 104 valence electrons. The van der Waals surface area contributed by atoms with E-state index in [0.717, 1.165) is 22.2 Å². The summed E-state index contributed by atoms with van der Waals surface area (Å²) in [4.78, 5) is 9.01. The molecule has 2 N–H and O–H groups in total. The van der Waals surface area contributed by atoms with Gasteiger partial charge in [-0.15, -0.1) is 0 Å². The van der Waals surface area contributed by atoms with Crippen LogP contribution in [0.5, 0.6) is 0 Å². The maximum atomic E-state index is 6.14. The second kappa shape index (κ2) is 4.75. The Morgan fingerprint density at radius 2 is 2.10 bits per heavy atom. The fourth-order valence-corrected chi connectivity index (χ4v) is 2.65. The minimum absolute atomic E-state index is 0.501. The van der Waals surface area contributed by atoms with E-state index in [2.05, 4.69) is 20.2 Å². The Morgan fingerprint density at radius 1 is 1.14 bits per heavy atom. The van der Waals surface area contributed by atoms with Crippen LogP contribution in [0.25, 0.3) is 10.9 Å². The summed E-state index contributed by atoms with van der Waals surface area (Å²) in [7, 11) is 0. The van der Waals surface area contributed by atoms with Gasteiger partial charge in [0.1, 0.15) is 11.6 Å². The first-order valence-corrected chi connectivity index (χ1v) is 6.72. The van der Waals surface area contributed by atoms with Gasteiger partial charge in [0.25, 0.3) is 0 Å². The van der Waals surface area contributed by atoms with Gasteiger partial charge in [0.2, 0.25) is 0 Å². The number of nitrogens with zero attached hydrogens (tertiary/aromatic N) is 4. The van der Waals surface area contributed by atoms with E-state index >= 15 is 0 Å². The van der Waals surface area contributed by atoms with E-state index < -0.39 is 0 Å². The van der Waals surface area contributed by atoms with Crippen molar-refractivity contribution in [1.82, 2.24) is 20.2 Å². The minimum Gasteiger partial charge on any atom is -0.383 e. The first-order valence-electron chi connectivity index (χ1n) is 6.72. The lowest BCUT2D eigenvalue weighted by atomic mass is 10.0. The highest BCUT2D eigenvalue weighted by Crippen LogP contribution is 2.30. The average molecular weight is 279 g/mol. The van der Waals surface area contributed by atoms with Crippen molar-refractivity contribution in [3.8, 4) is 0 Å². The molecule has 0 fully saturated rings. The average Bonchev–Trinajstić information content (AvgIpc) is 2.96. The number of benzene rings is 1. The Hall–Kier alpha value is -2.60. The maximum Gasteiger partial charge on any atom is 0.137 e. The Bertz CT molecular complexity index is 819. The molecule has 4 rings (SSSR count). The zero-order valence-electron chi connectivity index (χ0n) is 11.3. The molecule has 1 aliphatic rings. The van der Waals surface area contributed by atoms with Crippen molar-refractivity contribution in [3.05, 3.63) is 53.1 Å². The topological polar surface area (TPSA) is 86.8 Å². The van der Waals surface area contributed by atoms with Gasteiger partial charge in [-0.1, -0.05) is 6.07 Å². The van der Waals surface area contributed by atoms with Gasteiger partial charge < -0.3 is 10.5 Å². The molecule has 6 heteroatoms. The highest BCUT2D eigenvalue weighted by Gasteiger charge is 2.18. The molecule has 0 unspecified atom stereocenters. The van der Waals surface area contributed by atoms with Gasteiger partial charge in [-0.25, -0.2) is 9.97 Å². The van der Waals surface area contributed by atoms with E-state index in [4.69, 9.17) is 10.5 Å². The molecule has 21 heavy (non-hydrogen) atoms. The zero-order chi connectivity index (χ0) is 14.2. The monoisotopic (exact) mass is 279 g/mol. The lowest BCUT2D eigenvalue weighted by molar-refractivity contribution is 0.135. The van der Waals surface area contributed by atoms with Crippen molar-refractivity contribution in [1.29, 1.82) is 0 Å². The number of rotatable bonds is 2. The first-order chi connectivity index (χ1) is 10.3. The van der Waals surface area contributed by atoms with Gasteiger partial charge in [0.15, 0.2) is 0 Å². The van der Waals surface area contributed by atoms with Crippen molar-refractivity contribution in [2.24, 2.45) is 0 Å². The number of anilines is 1. The SMILES string of the molecule is Nc1nc(Cc2cccnn2)nc2ccc3c(c12)COC3. The summed E-state index contributed by atoms with van der Waals surface area (Å²) in [6.45, 7) is 1.20. The van der Waals surface area contributed by atoms with Crippen molar-refractivity contribution >= 4 is 16.7 Å². The number of hydrogen-bond donors (Lipinski definition) is 1. The lowest BCUT2D eigenvalue weighted by Gasteiger charge is -2.08. The van der Waals surface area contributed by atoms with Crippen LogP contribution in [0.2, 0.25) is 0 Å². The molecule has 0 bridgehead atoms. The van der Waals surface area contributed by atoms with Gasteiger partial charge in [-0.3, -0.25) is 0 Å². The molecule has 1 aromatic carbocycles. The van der Waals surface area contributed by atoms with Gasteiger partial charge >= 0.3 is 0 Å². The molecule has 3 heterocycles. The molecule has 0 radical (unpaired) electrons. The molecular weight excluding hydrogens is 266 g/mol. The fourth-order valence-electron chi connectivity index (χ4n) is 2.65. The van der Waals surface area contributed by atoms with E-state index in [1.165, 1.54) is 5.56 Å². The summed E-state index contributed by atoms with van der Waals surface area (Å²) in [5.41, 5.74) is 10.1. The predicted octanol–water partition coefficient (Wildman–Crippen LogP) is 1.62. The minimum atomic E-state index is 0.501. The zero-order valence-corrected chi connectivity index (χ0v) is 11.3. The Labute approximate surface area is 121 Å². The van der Waals surface area contributed by atoms with Crippen LogP contribution < -0.4 is 5.73 Å². The second-order valence-electron chi connectivity index (χ2n) is 5.01. The van der Waals surface area contributed by atoms with E-state index in [1.54, 1.807) is 6.20 Å². The van der Waals surface area contributed by atoms with Crippen molar-refractivity contribution in [2.45, 2.75) is 19.6 Å². The Morgan fingerprint density at radius 3 is 2.95 bits per heavy atom. The summed E-state index contributed by atoms with van der Waals surface area (Å²) in [5, 5.41) is 8.82. The standard InChI is InChI=1S/C15H13N5O/c16-15-14-11-8-21-7-9(11)3-4-12(14)18-13(19-15)6-10-2-1-5-17-20-10/h1-5H,6-8H2,(H2,16,18,19). The van der Waals surface area contributed by atoms with Crippen molar-refractivity contribution in [2.75, 3.05) is 5.73 Å². The number of nitrogen functional groups attached to an aromatic ring is 1. The number of hydrogen-bond acceptors (Lipinski definition) is 6. The Kier molecular flexibility index (Phi) is 2.75. The molecule has 0 spiro atoms. The van der Waals surface area contributed by atoms with Gasteiger partial charge in [0.05, 0.1) is 30.8 Å². The highest BCUT2D eigenvalue weighted by atomic mass is 16.5. The number of nitrogens with two attached hydrogens (primary N) is 1.